The molecule has 0 radical (unpaired) electrons. The topological polar surface area (TPSA) is 104 Å². The van der Waals surface area contributed by atoms with Gasteiger partial charge in [0, 0.05) is 0 Å². The van der Waals surface area contributed by atoms with Gasteiger partial charge in [0.05, 0.1) is 11.4 Å². The Hall–Kier alpha value is -1.98. The van der Waals surface area contributed by atoms with Gasteiger partial charge >= 0.3 is 0 Å². The summed E-state index contributed by atoms with van der Waals surface area (Å²) in [5, 5.41) is 8.96. The summed E-state index contributed by atoms with van der Waals surface area (Å²) in [5.41, 5.74) is 11.4. The average molecular weight is 169 g/mol. The summed E-state index contributed by atoms with van der Waals surface area (Å²) in [7, 11) is 0. The molecule has 4 N–H and O–H groups in total. The molecule has 0 saturated heterocycles. The van der Waals surface area contributed by atoms with Crippen LogP contribution in [0.3, 0.4) is 0 Å². The molecular formula is C6H7N3O3. The highest BCUT2D eigenvalue weighted by Gasteiger charge is 2.00. The standard InChI is InChI=1S/C6H7N3O3/c7-5-2-1-4(3-6(5)8)12-9(10)11/h1-3H,7-8H2. The smallest absolute Gasteiger partial charge is 0.299 e. The average Bonchev–Trinajstić information content (AvgIpc) is 1.96. The maximum absolute atomic E-state index is 9.88. The second kappa shape index (κ2) is 2.95. The Morgan fingerprint density at radius 1 is 1.33 bits per heavy atom. The fourth-order valence-corrected chi connectivity index (χ4v) is 0.696. The maximum atomic E-state index is 9.88. The monoisotopic (exact) mass is 169 g/mol. The van der Waals surface area contributed by atoms with Gasteiger partial charge in [0.15, 0.2) is 0 Å². The number of anilines is 2. The van der Waals surface area contributed by atoms with Crippen molar-refractivity contribution in [2.45, 2.75) is 0 Å². The zero-order chi connectivity index (χ0) is 9.14. The number of nitrogens with two attached hydrogens (primary N) is 2. The molecule has 12 heavy (non-hydrogen) atoms. The molecule has 6 heteroatoms. The van der Waals surface area contributed by atoms with E-state index in [1.807, 2.05) is 0 Å². The van der Waals surface area contributed by atoms with E-state index in [1.165, 1.54) is 18.2 Å². The first-order valence-electron chi connectivity index (χ1n) is 3.07. The second-order valence-electron chi connectivity index (χ2n) is 2.11. The summed E-state index contributed by atoms with van der Waals surface area (Å²) in [6.07, 6.45) is 0. The van der Waals surface area contributed by atoms with E-state index >= 15 is 0 Å². The van der Waals surface area contributed by atoms with Crippen LogP contribution in [-0.4, -0.2) is 5.09 Å². The van der Waals surface area contributed by atoms with Gasteiger partial charge in [-0.2, -0.15) is 0 Å². The molecule has 0 unspecified atom stereocenters. The third kappa shape index (κ3) is 1.75. The predicted molar refractivity (Wildman–Crippen MR) is 42.9 cm³/mol. The molecular weight excluding hydrogens is 162 g/mol. The van der Waals surface area contributed by atoms with Crippen molar-refractivity contribution < 1.29 is 9.92 Å². The molecule has 0 spiro atoms. The molecule has 0 atom stereocenters. The van der Waals surface area contributed by atoms with E-state index in [-0.39, 0.29) is 11.4 Å². The number of hydrogen-bond donors (Lipinski definition) is 2. The van der Waals surface area contributed by atoms with Gasteiger partial charge in [0.2, 0.25) is 0 Å². The Balaban J connectivity index is 2.89. The number of rotatable bonds is 2. The predicted octanol–water partition coefficient (Wildman–Crippen LogP) is 0.422. The van der Waals surface area contributed by atoms with Gasteiger partial charge in [0.1, 0.15) is 5.75 Å². The summed E-state index contributed by atoms with van der Waals surface area (Å²) in [4.78, 5) is 14.0. The van der Waals surface area contributed by atoms with Gasteiger partial charge in [0.25, 0.3) is 5.09 Å². The van der Waals surface area contributed by atoms with Crippen molar-refractivity contribution in [1.82, 2.24) is 0 Å². The molecule has 0 bridgehead atoms. The minimum atomic E-state index is -0.912. The van der Waals surface area contributed by atoms with Crippen LogP contribution < -0.4 is 16.3 Å². The van der Waals surface area contributed by atoms with Crippen LogP contribution in [0.25, 0.3) is 0 Å². The molecule has 0 aliphatic heterocycles. The molecule has 0 aromatic heterocycles. The van der Waals surface area contributed by atoms with Crippen molar-refractivity contribution in [3.63, 3.8) is 0 Å². The van der Waals surface area contributed by atoms with Gasteiger partial charge in [-0.05, 0) is 18.2 Å². The van der Waals surface area contributed by atoms with Gasteiger partial charge in [-0.3, -0.25) is 4.84 Å². The van der Waals surface area contributed by atoms with Crippen molar-refractivity contribution in [3.05, 3.63) is 28.3 Å². The van der Waals surface area contributed by atoms with Crippen molar-refractivity contribution in [2.75, 3.05) is 11.5 Å². The number of nitrogens with zero attached hydrogens (tertiary/aromatic N) is 1. The van der Waals surface area contributed by atoms with E-state index < -0.39 is 5.09 Å². The number of benzene rings is 1. The van der Waals surface area contributed by atoms with Gasteiger partial charge < -0.3 is 11.5 Å². The summed E-state index contributed by atoms with van der Waals surface area (Å²) in [6, 6.07) is 4.10. The lowest BCUT2D eigenvalue weighted by atomic mass is 10.2. The highest BCUT2D eigenvalue weighted by atomic mass is 17.0. The Kier molecular flexibility index (Phi) is 2.00. The van der Waals surface area contributed by atoms with Crippen LogP contribution >= 0.6 is 0 Å². The molecule has 6 nitrogen and oxygen atoms in total. The Bertz CT molecular complexity index is 313. The van der Waals surface area contributed by atoms with Crippen LogP contribution in [0.15, 0.2) is 18.2 Å². The van der Waals surface area contributed by atoms with Crippen molar-refractivity contribution in [2.24, 2.45) is 0 Å². The van der Waals surface area contributed by atoms with Crippen molar-refractivity contribution in [1.29, 1.82) is 0 Å². The van der Waals surface area contributed by atoms with Crippen LogP contribution in [0, 0.1) is 10.1 Å². The molecule has 0 fully saturated rings. The molecule has 0 saturated carbocycles. The molecule has 1 rings (SSSR count). The van der Waals surface area contributed by atoms with E-state index in [4.69, 9.17) is 11.5 Å². The molecule has 0 heterocycles. The Morgan fingerprint density at radius 3 is 2.50 bits per heavy atom. The first-order valence-corrected chi connectivity index (χ1v) is 3.07. The van der Waals surface area contributed by atoms with E-state index in [9.17, 15) is 10.1 Å². The lowest BCUT2D eigenvalue weighted by molar-refractivity contribution is -0.711. The zero-order valence-electron chi connectivity index (χ0n) is 6.06. The van der Waals surface area contributed by atoms with Crippen LogP contribution in [-0.2, 0) is 0 Å². The van der Waals surface area contributed by atoms with Crippen LogP contribution in [0.1, 0.15) is 0 Å². The van der Waals surface area contributed by atoms with Crippen molar-refractivity contribution >= 4 is 11.4 Å². The number of nitrogen functional groups attached to an aromatic ring is 2. The maximum Gasteiger partial charge on any atom is 0.299 e. The molecule has 1 aromatic rings. The largest absolute Gasteiger partial charge is 0.397 e. The summed E-state index contributed by atoms with van der Waals surface area (Å²) >= 11 is 0. The Morgan fingerprint density at radius 2 is 2.00 bits per heavy atom. The third-order valence-electron chi connectivity index (χ3n) is 1.24. The molecule has 64 valence electrons. The van der Waals surface area contributed by atoms with E-state index in [1.54, 1.807) is 0 Å². The summed E-state index contributed by atoms with van der Waals surface area (Å²) in [6.45, 7) is 0. The second-order valence-corrected chi connectivity index (χ2v) is 2.11. The highest BCUT2D eigenvalue weighted by Crippen LogP contribution is 2.21. The van der Waals surface area contributed by atoms with Crippen LogP contribution in [0.5, 0.6) is 5.75 Å². The minimum Gasteiger partial charge on any atom is -0.397 e. The highest BCUT2D eigenvalue weighted by molar-refractivity contribution is 5.65. The number of hydrogen-bond acceptors (Lipinski definition) is 5. The van der Waals surface area contributed by atoms with Gasteiger partial charge in [-0.15, -0.1) is 10.1 Å². The van der Waals surface area contributed by atoms with Gasteiger partial charge in [-0.25, -0.2) is 0 Å². The Labute approximate surface area is 67.8 Å². The fraction of sp³-hybridized carbons (Fsp3) is 0. The van der Waals surface area contributed by atoms with Crippen LogP contribution in [0.4, 0.5) is 11.4 Å². The van der Waals surface area contributed by atoms with E-state index in [2.05, 4.69) is 4.84 Å². The minimum absolute atomic E-state index is 0.0618. The quantitative estimate of drug-likeness (QED) is 0.379. The summed E-state index contributed by atoms with van der Waals surface area (Å²) < 4.78 is 0. The third-order valence-corrected chi connectivity index (χ3v) is 1.24. The van der Waals surface area contributed by atoms with Crippen molar-refractivity contribution in [3.8, 4) is 5.75 Å². The van der Waals surface area contributed by atoms with Gasteiger partial charge in [-0.1, -0.05) is 0 Å². The molecule has 1 aromatic carbocycles. The SMILES string of the molecule is Nc1ccc(O[N+](=O)[O-])cc1N. The molecule has 0 aliphatic carbocycles. The lowest BCUT2D eigenvalue weighted by Gasteiger charge is -2.01. The van der Waals surface area contributed by atoms with E-state index in [0.717, 1.165) is 0 Å². The normalized spacial score (nSPS) is 9.33. The first kappa shape index (κ1) is 8.12. The first-order chi connectivity index (χ1) is 5.59. The lowest BCUT2D eigenvalue weighted by Crippen LogP contribution is -2.04. The van der Waals surface area contributed by atoms with E-state index in [0.29, 0.717) is 5.69 Å². The van der Waals surface area contributed by atoms with Crippen LogP contribution in [0.2, 0.25) is 0 Å². The fourth-order valence-electron chi connectivity index (χ4n) is 0.696. The zero-order valence-corrected chi connectivity index (χ0v) is 6.06. The molecule has 0 aliphatic rings. The summed E-state index contributed by atoms with van der Waals surface area (Å²) in [5.74, 6) is 0.0618. The molecule has 0 amide bonds.